The van der Waals surface area contributed by atoms with Crippen molar-refractivity contribution < 1.29 is 4.92 Å². The van der Waals surface area contributed by atoms with E-state index in [0.29, 0.717) is 18.0 Å². The maximum Gasteiger partial charge on any atom is 0.372 e. The number of hydrogen-bond acceptors (Lipinski definition) is 6. The van der Waals surface area contributed by atoms with Crippen molar-refractivity contribution in [3.8, 4) is 0 Å². The number of rotatable bonds is 6. The lowest BCUT2D eigenvalue weighted by Gasteiger charge is -2.23. The van der Waals surface area contributed by atoms with E-state index < -0.39 is 4.92 Å². The number of nitro groups is 1. The van der Waals surface area contributed by atoms with Gasteiger partial charge in [-0.3, -0.25) is 0 Å². The lowest BCUT2D eigenvalue weighted by atomic mass is 10.2. The molecule has 23 heavy (non-hydrogen) atoms. The van der Waals surface area contributed by atoms with Gasteiger partial charge in [0.1, 0.15) is 0 Å². The van der Waals surface area contributed by atoms with Gasteiger partial charge in [0.2, 0.25) is 11.5 Å². The molecule has 0 fully saturated rings. The minimum Gasteiger partial charge on any atom is -0.361 e. The summed E-state index contributed by atoms with van der Waals surface area (Å²) in [5.74, 6) is 0.258. The van der Waals surface area contributed by atoms with E-state index in [0.717, 1.165) is 0 Å². The first-order valence-electron chi connectivity index (χ1n) is 7.13. The van der Waals surface area contributed by atoms with Gasteiger partial charge in [-0.25, -0.2) is 0 Å². The molecule has 120 valence electrons. The number of aromatic nitrogens is 2. The van der Waals surface area contributed by atoms with Crippen molar-refractivity contribution in [1.29, 1.82) is 0 Å². The Balaban J connectivity index is 1.89. The summed E-state index contributed by atoms with van der Waals surface area (Å²) >= 11 is 1.67. The van der Waals surface area contributed by atoms with Gasteiger partial charge in [0.15, 0.2) is 0 Å². The van der Waals surface area contributed by atoms with Crippen LogP contribution in [-0.4, -0.2) is 39.8 Å². The highest BCUT2D eigenvalue weighted by atomic mass is 32.1. The van der Waals surface area contributed by atoms with E-state index >= 15 is 0 Å². The van der Waals surface area contributed by atoms with Gasteiger partial charge in [-0.1, -0.05) is 12.1 Å². The molecule has 7 nitrogen and oxygen atoms in total. The van der Waals surface area contributed by atoms with Gasteiger partial charge in [0.05, 0.1) is 12.2 Å². The number of imidazole rings is 1. The van der Waals surface area contributed by atoms with Crippen molar-refractivity contribution in [1.82, 2.24) is 14.3 Å². The highest BCUT2D eigenvalue weighted by molar-refractivity contribution is 7.10. The Kier molecular flexibility index (Phi) is 4.26. The van der Waals surface area contributed by atoms with Crippen LogP contribution >= 0.6 is 11.3 Å². The lowest BCUT2D eigenvalue weighted by Crippen LogP contribution is -2.26. The van der Waals surface area contributed by atoms with Crippen molar-refractivity contribution >= 4 is 28.6 Å². The van der Waals surface area contributed by atoms with Crippen molar-refractivity contribution in [2.75, 3.05) is 26.0 Å². The molecule has 0 bridgehead atoms. The Morgan fingerprint density at radius 1 is 1.39 bits per heavy atom. The number of pyridine rings is 1. The van der Waals surface area contributed by atoms with Crippen LogP contribution in [0.1, 0.15) is 10.9 Å². The van der Waals surface area contributed by atoms with Gasteiger partial charge >= 0.3 is 5.82 Å². The molecule has 8 heteroatoms. The summed E-state index contributed by atoms with van der Waals surface area (Å²) in [5.41, 5.74) is 0.555. The third-order valence-electron chi connectivity index (χ3n) is 3.64. The molecule has 0 aromatic carbocycles. The Hall–Kier alpha value is -2.45. The zero-order valence-electron chi connectivity index (χ0n) is 12.8. The first-order chi connectivity index (χ1) is 11.1. The van der Waals surface area contributed by atoms with Crippen molar-refractivity contribution in [3.05, 3.63) is 56.9 Å². The van der Waals surface area contributed by atoms with Crippen LogP contribution in [0.2, 0.25) is 0 Å². The van der Waals surface area contributed by atoms with Gasteiger partial charge in [0.25, 0.3) is 0 Å². The Labute approximate surface area is 137 Å². The van der Waals surface area contributed by atoms with Crippen LogP contribution in [0.5, 0.6) is 0 Å². The predicted octanol–water partition coefficient (Wildman–Crippen LogP) is 3.02. The van der Waals surface area contributed by atoms with Gasteiger partial charge in [-0.15, -0.1) is 11.3 Å². The molecule has 1 unspecified atom stereocenters. The second-order valence-electron chi connectivity index (χ2n) is 5.35. The van der Waals surface area contributed by atoms with E-state index in [9.17, 15) is 10.1 Å². The molecule has 1 N–H and O–H groups in total. The predicted molar refractivity (Wildman–Crippen MR) is 91.1 cm³/mol. The molecule has 0 amide bonds. The van der Waals surface area contributed by atoms with Crippen molar-refractivity contribution in [2.24, 2.45) is 0 Å². The molecule has 0 saturated heterocycles. The topological polar surface area (TPSA) is 75.7 Å². The van der Waals surface area contributed by atoms with Gasteiger partial charge < -0.3 is 20.3 Å². The van der Waals surface area contributed by atoms with E-state index in [1.807, 2.05) is 31.6 Å². The average Bonchev–Trinajstić information content (AvgIpc) is 3.13. The molecule has 0 aliphatic heterocycles. The van der Waals surface area contributed by atoms with Crippen LogP contribution in [0, 0.1) is 10.1 Å². The maximum absolute atomic E-state index is 11.4. The van der Waals surface area contributed by atoms with Crippen molar-refractivity contribution in [3.63, 3.8) is 0 Å². The molecular weight excluding hydrogens is 314 g/mol. The summed E-state index contributed by atoms with van der Waals surface area (Å²) in [7, 11) is 3.98. The van der Waals surface area contributed by atoms with Crippen molar-refractivity contribution in [2.45, 2.75) is 6.04 Å². The summed E-state index contributed by atoms with van der Waals surface area (Å²) in [5, 5.41) is 16.6. The zero-order valence-corrected chi connectivity index (χ0v) is 13.7. The fraction of sp³-hybridized carbons (Fsp3) is 0.267. The molecule has 3 heterocycles. The first-order valence-corrected chi connectivity index (χ1v) is 8.01. The Bertz CT molecular complexity index is 813. The third-order valence-corrected chi connectivity index (χ3v) is 4.61. The fourth-order valence-corrected chi connectivity index (χ4v) is 3.41. The summed E-state index contributed by atoms with van der Waals surface area (Å²) < 4.78 is 1.48. The number of fused-ring (bicyclic) bond motifs is 1. The number of nitrogens with one attached hydrogen (secondary N) is 1. The van der Waals surface area contributed by atoms with E-state index in [-0.39, 0.29) is 11.9 Å². The SMILES string of the molecule is CN(C)C(CNc1nc2ccccn2c1[N+](=O)[O-])c1cccs1. The lowest BCUT2D eigenvalue weighted by molar-refractivity contribution is -0.389. The number of hydrogen-bond donors (Lipinski definition) is 1. The molecule has 3 rings (SSSR count). The maximum atomic E-state index is 11.4. The minimum absolute atomic E-state index is 0.0377. The summed E-state index contributed by atoms with van der Waals surface area (Å²) in [6.45, 7) is 0.540. The van der Waals surface area contributed by atoms with E-state index in [4.69, 9.17) is 0 Å². The molecule has 0 saturated carbocycles. The highest BCUT2D eigenvalue weighted by Gasteiger charge is 2.24. The molecule has 0 aliphatic carbocycles. The molecular formula is C15H17N5O2S. The van der Waals surface area contributed by atoms with Crippen LogP contribution in [-0.2, 0) is 0 Å². The second kappa shape index (κ2) is 6.35. The summed E-state index contributed by atoms with van der Waals surface area (Å²) in [4.78, 5) is 18.6. The van der Waals surface area contributed by atoms with E-state index in [2.05, 4.69) is 21.3 Å². The smallest absolute Gasteiger partial charge is 0.361 e. The number of thiophene rings is 1. The van der Waals surface area contributed by atoms with Crippen LogP contribution in [0.15, 0.2) is 41.9 Å². The van der Waals surface area contributed by atoms with E-state index in [1.54, 1.807) is 29.7 Å². The average molecular weight is 331 g/mol. The fourth-order valence-electron chi connectivity index (χ4n) is 2.49. The Morgan fingerprint density at radius 2 is 2.22 bits per heavy atom. The number of likely N-dealkylation sites (N-methyl/N-ethyl adjacent to an activating group) is 1. The van der Waals surface area contributed by atoms with Crippen LogP contribution in [0.3, 0.4) is 0 Å². The summed E-state index contributed by atoms with van der Waals surface area (Å²) in [6, 6.07) is 9.50. The second-order valence-corrected chi connectivity index (χ2v) is 6.32. The normalized spacial score (nSPS) is 12.7. The van der Waals surface area contributed by atoms with E-state index in [1.165, 1.54) is 9.28 Å². The Morgan fingerprint density at radius 3 is 2.87 bits per heavy atom. The molecule has 3 aromatic heterocycles. The van der Waals surface area contributed by atoms with Gasteiger partial charge in [-0.05, 0) is 36.5 Å². The number of anilines is 1. The molecule has 0 aliphatic rings. The largest absolute Gasteiger partial charge is 0.372 e. The highest BCUT2D eigenvalue weighted by Crippen LogP contribution is 2.28. The van der Waals surface area contributed by atoms with Crippen LogP contribution < -0.4 is 5.32 Å². The summed E-state index contributed by atoms with van der Waals surface area (Å²) in [6.07, 6.45) is 1.65. The molecule has 1 atom stereocenters. The monoisotopic (exact) mass is 331 g/mol. The quantitative estimate of drug-likeness (QED) is 0.555. The molecule has 0 radical (unpaired) electrons. The molecule has 0 spiro atoms. The minimum atomic E-state index is -0.405. The van der Waals surface area contributed by atoms with Gasteiger partial charge in [0, 0.05) is 17.5 Å². The van der Waals surface area contributed by atoms with Gasteiger partial charge in [-0.2, -0.15) is 9.38 Å². The molecule has 3 aromatic rings. The van der Waals surface area contributed by atoms with Crippen LogP contribution in [0.4, 0.5) is 11.6 Å². The number of nitrogens with zero attached hydrogens (tertiary/aromatic N) is 4. The standard InChI is InChI=1S/C15H17N5O2S/c1-18(2)11(12-6-5-9-23-12)10-16-14-15(20(21)22)19-8-4-3-7-13(19)17-14/h3-9,11,16H,10H2,1-2H3. The van der Waals surface area contributed by atoms with Crippen LogP contribution in [0.25, 0.3) is 5.65 Å². The third kappa shape index (κ3) is 3.03. The first kappa shape index (κ1) is 15.4. The zero-order chi connectivity index (χ0) is 16.4.